The third-order valence-electron chi connectivity index (χ3n) is 4.01. The molecule has 2 nitrogen and oxygen atoms in total. The standard InChI is InChI=1S/C17H23FO2/c1-11-7-14(10-17(3,4)9-11)20-16(19)13-5-6-15(18)12(2)8-13/h5-6,8,11,14H,7,9-10H2,1-4H3. The molecule has 0 heterocycles. The van der Waals surface area contributed by atoms with Crippen molar-refractivity contribution in [2.24, 2.45) is 11.3 Å². The first-order valence-corrected chi connectivity index (χ1v) is 7.24. The molecule has 0 N–H and O–H groups in total. The van der Waals surface area contributed by atoms with Gasteiger partial charge in [-0.15, -0.1) is 0 Å². The lowest BCUT2D eigenvalue weighted by Crippen LogP contribution is -2.34. The highest BCUT2D eigenvalue weighted by atomic mass is 19.1. The number of hydrogen-bond donors (Lipinski definition) is 0. The van der Waals surface area contributed by atoms with Gasteiger partial charge in [0, 0.05) is 0 Å². The van der Waals surface area contributed by atoms with Crippen molar-refractivity contribution in [2.45, 2.75) is 53.1 Å². The first-order chi connectivity index (χ1) is 9.27. The zero-order valence-electron chi connectivity index (χ0n) is 12.7. The quantitative estimate of drug-likeness (QED) is 0.744. The van der Waals surface area contributed by atoms with Gasteiger partial charge in [0.05, 0.1) is 5.56 Å². The maximum absolute atomic E-state index is 13.2. The van der Waals surface area contributed by atoms with Crippen LogP contribution in [0.5, 0.6) is 0 Å². The van der Waals surface area contributed by atoms with Crippen LogP contribution in [0.25, 0.3) is 0 Å². The summed E-state index contributed by atoms with van der Waals surface area (Å²) in [6.45, 7) is 8.28. The van der Waals surface area contributed by atoms with Gasteiger partial charge in [-0.1, -0.05) is 20.8 Å². The van der Waals surface area contributed by atoms with Gasteiger partial charge in [-0.05, 0) is 61.3 Å². The molecule has 0 amide bonds. The maximum Gasteiger partial charge on any atom is 0.338 e. The lowest BCUT2D eigenvalue weighted by molar-refractivity contribution is -0.00715. The lowest BCUT2D eigenvalue weighted by atomic mass is 9.71. The Kier molecular flexibility index (Phi) is 4.17. The number of ether oxygens (including phenoxy) is 1. The van der Waals surface area contributed by atoms with E-state index in [0.717, 1.165) is 19.3 Å². The van der Waals surface area contributed by atoms with Crippen LogP contribution >= 0.6 is 0 Å². The van der Waals surface area contributed by atoms with Gasteiger partial charge in [0.1, 0.15) is 11.9 Å². The summed E-state index contributed by atoms with van der Waals surface area (Å²) in [5, 5.41) is 0. The summed E-state index contributed by atoms with van der Waals surface area (Å²) in [5.41, 5.74) is 1.11. The minimum atomic E-state index is -0.344. The maximum atomic E-state index is 13.2. The molecule has 0 saturated heterocycles. The first kappa shape index (κ1) is 15.0. The van der Waals surface area contributed by atoms with E-state index in [0.29, 0.717) is 17.0 Å². The molecule has 2 rings (SSSR count). The number of benzene rings is 1. The minimum Gasteiger partial charge on any atom is -0.459 e. The van der Waals surface area contributed by atoms with E-state index in [1.54, 1.807) is 13.0 Å². The third kappa shape index (κ3) is 3.59. The normalized spacial score (nSPS) is 25.2. The van der Waals surface area contributed by atoms with Crippen LogP contribution in [-0.4, -0.2) is 12.1 Å². The zero-order chi connectivity index (χ0) is 14.9. The van der Waals surface area contributed by atoms with Gasteiger partial charge in [-0.25, -0.2) is 9.18 Å². The van der Waals surface area contributed by atoms with Crippen molar-refractivity contribution in [3.63, 3.8) is 0 Å². The molecule has 1 aromatic carbocycles. The number of esters is 1. The molecule has 110 valence electrons. The van der Waals surface area contributed by atoms with Crippen molar-refractivity contribution in [3.8, 4) is 0 Å². The molecule has 1 aliphatic rings. The fourth-order valence-electron chi connectivity index (χ4n) is 3.34. The highest BCUT2D eigenvalue weighted by molar-refractivity contribution is 5.89. The summed E-state index contributed by atoms with van der Waals surface area (Å²) in [7, 11) is 0. The Morgan fingerprint density at radius 3 is 2.65 bits per heavy atom. The van der Waals surface area contributed by atoms with E-state index in [4.69, 9.17) is 4.74 Å². The molecule has 2 unspecified atom stereocenters. The predicted molar refractivity (Wildman–Crippen MR) is 77.1 cm³/mol. The second-order valence-electron chi connectivity index (χ2n) is 6.90. The van der Waals surface area contributed by atoms with Gasteiger partial charge in [0.2, 0.25) is 0 Å². The number of carbonyl (C=O) groups is 1. The fraction of sp³-hybridized carbons (Fsp3) is 0.588. The second-order valence-corrected chi connectivity index (χ2v) is 6.90. The molecule has 1 saturated carbocycles. The van der Waals surface area contributed by atoms with Crippen LogP contribution in [0.3, 0.4) is 0 Å². The van der Waals surface area contributed by atoms with Gasteiger partial charge in [-0.3, -0.25) is 0 Å². The van der Waals surface area contributed by atoms with Crippen LogP contribution in [-0.2, 0) is 4.74 Å². The van der Waals surface area contributed by atoms with Crippen LogP contribution in [0.4, 0.5) is 4.39 Å². The molecular weight excluding hydrogens is 255 g/mol. The predicted octanol–water partition coefficient (Wildman–Crippen LogP) is 4.51. The Bertz CT molecular complexity index is 508. The third-order valence-corrected chi connectivity index (χ3v) is 4.01. The molecule has 0 radical (unpaired) electrons. The summed E-state index contributed by atoms with van der Waals surface area (Å²) in [6.07, 6.45) is 2.93. The van der Waals surface area contributed by atoms with E-state index in [1.165, 1.54) is 12.1 Å². The smallest absolute Gasteiger partial charge is 0.338 e. The molecule has 1 fully saturated rings. The summed E-state index contributed by atoms with van der Waals surface area (Å²) in [5.74, 6) is -0.0801. The van der Waals surface area contributed by atoms with Crippen molar-refractivity contribution in [1.82, 2.24) is 0 Å². The Morgan fingerprint density at radius 2 is 2.05 bits per heavy atom. The lowest BCUT2D eigenvalue weighted by Gasteiger charge is -2.38. The Labute approximate surface area is 120 Å². The number of hydrogen-bond acceptors (Lipinski definition) is 2. The Hall–Kier alpha value is -1.38. The topological polar surface area (TPSA) is 26.3 Å². The molecule has 1 aliphatic carbocycles. The van der Waals surface area contributed by atoms with Crippen LogP contribution in [0.15, 0.2) is 18.2 Å². The number of aryl methyl sites for hydroxylation is 1. The summed E-state index contributed by atoms with van der Waals surface area (Å²) in [4.78, 5) is 12.1. The van der Waals surface area contributed by atoms with Gasteiger partial charge >= 0.3 is 5.97 Å². The van der Waals surface area contributed by atoms with E-state index in [1.807, 2.05) is 0 Å². The van der Waals surface area contributed by atoms with Gasteiger partial charge in [0.15, 0.2) is 0 Å². The molecule has 2 atom stereocenters. The van der Waals surface area contributed by atoms with Crippen LogP contribution < -0.4 is 0 Å². The SMILES string of the molecule is Cc1cc(C(=O)OC2CC(C)CC(C)(C)C2)ccc1F. The molecule has 0 aliphatic heterocycles. The van der Waals surface area contributed by atoms with Crippen molar-refractivity contribution < 1.29 is 13.9 Å². The highest BCUT2D eigenvalue weighted by Gasteiger charge is 2.34. The molecular formula is C17H23FO2. The van der Waals surface area contributed by atoms with Crippen LogP contribution in [0, 0.1) is 24.1 Å². The summed E-state index contributed by atoms with van der Waals surface area (Å²) < 4.78 is 18.8. The second kappa shape index (κ2) is 5.55. The van der Waals surface area contributed by atoms with Crippen LogP contribution in [0.2, 0.25) is 0 Å². The van der Waals surface area contributed by atoms with E-state index in [9.17, 15) is 9.18 Å². The molecule has 0 bridgehead atoms. The Morgan fingerprint density at radius 1 is 1.35 bits per heavy atom. The Balaban J connectivity index is 2.05. The number of carbonyl (C=O) groups excluding carboxylic acids is 1. The minimum absolute atomic E-state index is 0.0355. The molecule has 1 aromatic rings. The zero-order valence-corrected chi connectivity index (χ0v) is 12.7. The van der Waals surface area contributed by atoms with E-state index >= 15 is 0 Å². The van der Waals surface area contributed by atoms with E-state index in [2.05, 4.69) is 20.8 Å². The van der Waals surface area contributed by atoms with Crippen molar-refractivity contribution in [1.29, 1.82) is 0 Å². The average molecular weight is 278 g/mol. The van der Waals surface area contributed by atoms with Gasteiger partial charge < -0.3 is 4.74 Å². The van der Waals surface area contributed by atoms with Crippen molar-refractivity contribution in [3.05, 3.63) is 35.1 Å². The van der Waals surface area contributed by atoms with Gasteiger partial charge in [0.25, 0.3) is 0 Å². The first-order valence-electron chi connectivity index (χ1n) is 7.24. The van der Waals surface area contributed by atoms with Crippen molar-refractivity contribution >= 4 is 5.97 Å². The average Bonchev–Trinajstić information content (AvgIpc) is 2.29. The summed E-state index contributed by atoms with van der Waals surface area (Å²) in [6, 6.07) is 4.36. The molecule has 0 spiro atoms. The van der Waals surface area contributed by atoms with Crippen molar-refractivity contribution in [2.75, 3.05) is 0 Å². The monoisotopic (exact) mass is 278 g/mol. The van der Waals surface area contributed by atoms with Crippen LogP contribution in [0.1, 0.15) is 56.0 Å². The molecule has 20 heavy (non-hydrogen) atoms. The van der Waals surface area contributed by atoms with E-state index in [-0.39, 0.29) is 23.3 Å². The molecule has 3 heteroatoms. The number of rotatable bonds is 2. The fourth-order valence-corrected chi connectivity index (χ4v) is 3.34. The molecule has 0 aromatic heterocycles. The summed E-state index contributed by atoms with van der Waals surface area (Å²) >= 11 is 0. The largest absolute Gasteiger partial charge is 0.459 e. The van der Waals surface area contributed by atoms with E-state index < -0.39 is 0 Å². The highest BCUT2D eigenvalue weighted by Crippen LogP contribution is 2.39. The van der Waals surface area contributed by atoms with Gasteiger partial charge in [-0.2, -0.15) is 0 Å². The number of halogens is 1.